The van der Waals surface area contributed by atoms with Crippen molar-refractivity contribution in [2.75, 3.05) is 13.2 Å². The fourth-order valence-electron chi connectivity index (χ4n) is 2.76. The molecule has 0 bridgehead atoms. The second-order valence-corrected chi connectivity index (χ2v) is 7.25. The minimum atomic E-state index is -3.80. The minimum Gasteiger partial charge on any atom is -0.395 e. The average Bonchev–Trinajstić information content (AvgIpc) is 2.83. The van der Waals surface area contributed by atoms with Gasteiger partial charge in [0.1, 0.15) is 5.65 Å². The number of fused-ring (bicyclic) bond motifs is 1. The van der Waals surface area contributed by atoms with Crippen LogP contribution in [0, 0.1) is 0 Å². The van der Waals surface area contributed by atoms with Gasteiger partial charge in [-0.3, -0.25) is 4.40 Å². The Hall–Kier alpha value is -1.15. The van der Waals surface area contributed by atoms with Gasteiger partial charge in [0.2, 0.25) is 0 Å². The lowest BCUT2D eigenvalue weighted by Gasteiger charge is -2.33. The molecule has 6 nitrogen and oxygen atoms in total. The summed E-state index contributed by atoms with van der Waals surface area (Å²) in [5, 5.41) is 9.38. The first kappa shape index (κ1) is 14.8. The van der Waals surface area contributed by atoms with Gasteiger partial charge in [0.25, 0.3) is 10.0 Å². The molecule has 1 aliphatic rings. The van der Waals surface area contributed by atoms with Crippen LogP contribution in [0.1, 0.15) is 19.3 Å². The Morgan fingerprint density at radius 2 is 2.19 bits per heavy atom. The van der Waals surface area contributed by atoms with Gasteiger partial charge in [-0.25, -0.2) is 13.4 Å². The normalized spacial score (nSPS) is 21.0. The lowest BCUT2D eigenvalue weighted by molar-refractivity contribution is 0.155. The van der Waals surface area contributed by atoms with Crippen LogP contribution in [-0.4, -0.2) is 46.4 Å². The fourth-order valence-corrected chi connectivity index (χ4v) is 5.05. The molecule has 1 aliphatic heterocycles. The van der Waals surface area contributed by atoms with E-state index in [1.54, 1.807) is 24.4 Å². The molecule has 1 atom stereocenters. The molecule has 8 heteroatoms. The van der Waals surface area contributed by atoms with E-state index in [0.717, 1.165) is 12.8 Å². The van der Waals surface area contributed by atoms with Gasteiger partial charge in [-0.2, -0.15) is 4.31 Å². The molecule has 21 heavy (non-hydrogen) atoms. The summed E-state index contributed by atoms with van der Waals surface area (Å²) in [5.74, 6) is 0. The molecule has 0 radical (unpaired) electrons. The largest absolute Gasteiger partial charge is 0.395 e. The first-order valence-electron chi connectivity index (χ1n) is 6.81. The Bertz CT molecular complexity index is 759. The van der Waals surface area contributed by atoms with Crippen LogP contribution in [-0.2, 0) is 10.0 Å². The number of pyridine rings is 1. The quantitative estimate of drug-likeness (QED) is 0.926. The van der Waals surface area contributed by atoms with E-state index in [0.29, 0.717) is 18.6 Å². The third-order valence-electron chi connectivity index (χ3n) is 3.78. The van der Waals surface area contributed by atoms with E-state index in [1.165, 1.54) is 8.71 Å². The molecule has 0 aromatic carbocycles. The molecule has 0 aliphatic carbocycles. The van der Waals surface area contributed by atoms with Crippen LogP contribution in [0.4, 0.5) is 0 Å². The molecule has 1 unspecified atom stereocenters. The lowest BCUT2D eigenvalue weighted by atomic mass is 10.1. The van der Waals surface area contributed by atoms with Crippen LogP contribution in [0.15, 0.2) is 29.4 Å². The number of nitrogens with zero attached hydrogens (tertiary/aromatic N) is 3. The highest BCUT2D eigenvalue weighted by Gasteiger charge is 2.36. The van der Waals surface area contributed by atoms with Gasteiger partial charge in [0.05, 0.1) is 6.61 Å². The molecule has 0 amide bonds. The number of aromatic nitrogens is 2. The zero-order valence-electron chi connectivity index (χ0n) is 11.3. The second kappa shape index (κ2) is 5.57. The summed E-state index contributed by atoms with van der Waals surface area (Å²) in [6.07, 6.45) is 3.98. The van der Waals surface area contributed by atoms with Gasteiger partial charge < -0.3 is 5.11 Å². The summed E-state index contributed by atoms with van der Waals surface area (Å²) in [6, 6.07) is 4.80. The first-order valence-corrected chi connectivity index (χ1v) is 8.63. The van der Waals surface area contributed by atoms with Gasteiger partial charge in [-0.05, 0) is 25.0 Å². The molecule has 0 saturated carbocycles. The Balaban J connectivity index is 2.14. The highest BCUT2D eigenvalue weighted by atomic mass is 35.5. The average molecular weight is 330 g/mol. The van der Waals surface area contributed by atoms with E-state index in [1.807, 2.05) is 0 Å². The van der Waals surface area contributed by atoms with Gasteiger partial charge in [-0.15, -0.1) is 0 Å². The van der Waals surface area contributed by atoms with Crippen molar-refractivity contribution in [3.05, 3.63) is 29.5 Å². The Kier molecular flexibility index (Phi) is 3.92. The maximum absolute atomic E-state index is 12.9. The summed E-state index contributed by atoms with van der Waals surface area (Å²) in [5.41, 5.74) is 0.485. The third kappa shape index (κ3) is 2.44. The Labute approximate surface area is 128 Å². The predicted octanol–water partition coefficient (Wildman–Crippen LogP) is 1.52. The molecular formula is C13H16ClN3O3S. The maximum atomic E-state index is 12.9. The van der Waals surface area contributed by atoms with E-state index in [4.69, 9.17) is 11.6 Å². The molecule has 114 valence electrons. The van der Waals surface area contributed by atoms with Crippen LogP contribution in [0.3, 0.4) is 0 Å². The van der Waals surface area contributed by atoms with Gasteiger partial charge in [0, 0.05) is 18.8 Å². The number of imidazole rings is 1. The summed E-state index contributed by atoms with van der Waals surface area (Å²) >= 11 is 6.06. The van der Waals surface area contributed by atoms with Crippen molar-refractivity contribution in [1.29, 1.82) is 0 Å². The van der Waals surface area contributed by atoms with Crippen molar-refractivity contribution >= 4 is 27.3 Å². The molecule has 3 heterocycles. The Morgan fingerprint density at radius 3 is 2.95 bits per heavy atom. The van der Waals surface area contributed by atoms with Crippen molar-refractivity contribution in [2.24, 2.45) is 0 Å². The lowest BCUT2D eigenvalue weighted by Crippen LogP contribution is -2.45. The highest BCUT2D eigenvalue weighted by Crippen LogP contribution is 2.30. The molecular weight excluding hydrogens is 314 g/mol. The van der Waals surface area contributed by atoms with Crippen LogP contribution >= 0.6 is 11.6 Å². The summed E-state index contributed by atoms with van der Waals surface area (Å²) in [4.78, 5) is 4.09. The van der Waals surface area contributed by atoms with Crippen molar-refractivity contribution in [3.8, 4) is 0 Å². The number of aliphatic hydroxyl groups is 1. The maximum Gasteiger partial charge on any atom is 0.262 e. The minimum absolute atomic E-state index is 0.0277. The van der Waals surface area contributed by atoms with Crippen LogP contribution in [0.2, 0.25) is 5.15 Å². The smallest absolute Gasteiger partial charge is 0.262 e. The summed E-state index contributed by atoms with van der Waals surface area (Å²) < 4.78 is 28.7. The molecule has 3 rings (SSSR count). The number of aliphatic hydroxyl groups excluding tert-OH is 1. The van der Waals surface area contributed by atoms with Crippen molar-refractivity contribution in [3.63, 3.8) is 0 Å². The number of halogens is 1. The van der Waals surface area contributed by atoms with Crippen LogP contribution in [0.5, 0.6) is 0 Å². The first-order chi connectivity index (χ1) is 10.1. The van der Waals surface area contributed by atoms with Crippen LogP contribution < -0.4 is 0 Å². The summed E-state index contributed by atoms with van der Waals surface area (Å²) in [7, 11) is -3.80. The van der Waals surface area contributed by atoms with Crippen molar-refractivity contribution < 1.29 is 13.5 Å². The monoisotopic (exact) mass is 329 g/mol. The number of sulfonamides is 1. The molecule has 1 fully saturated rings. The van der Waals surface area contributed by atoms with Gasteiger partial charge in [0.15, 0.2) is 10.2 Å². The van der Waals surface area contributed by atoms with E-state index >= 15 is 0 Å². The zero-order valence-corrected chi connectivity index (χ0v) is 12.9. The number of hydrogen-bond acceptors (Lipinski definition) is 4. The van der Waals surface area contributed by atoms with Crippen molar-refractivity contribution in [2.45, 2.75) is 30.3 Å². The Morgan fingerprint density at radius 1 is 1.38 bits per heavy atom. The van der Waals surface area contributed by atoms with Gasteiger partial charge in [-0.1, -0.05) is 24.1 Å². The molecule has 2 aromatic rings. The van der Waals surface area contributed by atoms with E-state index in [-0.39, 0.29) is 16.8 Å². The highest BCUT2D eigenvalue weighted by molar-refractivity contribution is 7.89. The fraction of sp³-hybridized carbons (Fsp3) is 0.462. The zero-order chi connectivity index (χ0) is 15.0. The van der Waals surface area contributed by atoms with E-state index in [2.05, 4.69) is 4.98 Å². The third-order valence-corrected chi connectivity index (χ3v) is 6.14. The second-order valence-electron chi connectivity index (χ2n) is 5.08. The molecule has 0 spiro atoms. The molecule has 1 N–H and O–H groups in total. The summed E-state index contributed by atoms with van der Waals surface area (Å²) in [6.45, 7) is 0.206. The predicted molar refractivity (Wildman–Crippen MR) is 78.8 cm³/mol. The number of rotatable bonds is 3. The molecule has 1 saturated heterocycles. The number of hydrogen-bond donors (Lipinski definition) is 1. The van der Waals surface area contributed by atoms with E-state index in [9.17, 15) is 13.5 Å². The molecule has 2 aromatic heterocycles. The standard InChI is InChI=1S/C13H16ClN3O3S/c14-12-13(16-7-3-2-6-11(16)15-12)21(19,20)17-8-4-1-5-10(17)9-18/h2-3,6-7,10,18H,1,4-5,8-9H2. The van der Waals surface area contributed by atoms with Crippen LogP contribution in [0.25, 0.3) is 5.65 Å². The topological polar surface area (TPSA) is 74.9 Å². The van der Waals surface area contributed by atoms with Crippen molar-refractivity contribution in [1.82, 2.24) is 13.7 Å². The van der Waals surface area contributed by atoms with E-state index < -0.39 is 16.1 Å². The number of piperidine rings is 1. The SMILES string of the molecule is O=S(=O)(c1c(Cl)nc2ccccn12)N1CCCCC1CO. The van der Waals surface area contributed by atoms with Gasteiger partial charge >= 0.3 is 0 Å².